The van der Waals surface area contributed by atoms with Crippen LogP contribution in [0.25, 0.3) is 0 Å². The molecular weight excluding hydrogens is 334 g/mol. The van der Waals surface area contributed by atoms with Gasteiger partial charge in [0.25, 0.3) is 0 Å². The van der Waals surface area contributed by atoms with Gasteiger partial charge in [0.15, 0.2) is 11.5 Å². The average molecular weight is 357 g/mol. The first-order chi connectivity index (χ1) is 12.2. The lowest BCUT2D eigenvalue weighted by molar-refractivity contribution is -0.120. The highest BCUT2D eigenvalue weighted by Gasteiger charge is 2.39. The molecule has 0 saturated heterocycles. The molecule has 8 nitrogen and oxygen atoms in total. The third-order valence-corrected chi connectivity index (χ3v) is 3.55. The fourth-order valence-corrected chi connectivity index (χ4v) is 2.18. The van der Waals surface area contributed by atoms with Gasteiger partial charge < -0.3 is 4.74 Å². The molecule has 1 aliphatic heterocycles. The summed E-state index contributed by atoms with van der Waals surface area (Å²) >= 11 is 0. The molecule has 0 bridgehead atoms. The van der Waals surface area contributed by atoms with Crippen molar-refractivity contribution in [2.45, 2.75) is 57.7 Å². The van der Waals surface area contributed by atoms with Gasteiger partial charge in [-0.05, 0) is 32.9 Å². The van der Waals surface area contributed by atoms with Crippen molar-refractivity contribution in [1.82, 2.24) is 10.4 Å². The zero-order valence-electron chi connectivity index (χ0n) is 15.2. The minimum Gasteiger partial charge on any atom is -0.456 e. The number of amides is 1. The van der Waals surface area contributed by atoms with Crippen molar-refractivity contribution < 1.29 is 14.3 Å². The normalized spacial score (nSPS) is 14.2. The van der Waals surface area contributed by atoms with Crippen LogP contribution < -0.4 is 10.9 Å². The Labute approximate surface area is 152 Å². The average Bonchev–Trinajstić information content (AvgIpc) is 3.35. The Morgan fingerprint density at radius 2 is 2.04 bits per heavy atom. The van der Waals surface area contributed by atoms with E-state index in [1.807, 2.05) is 0 Å². The lowest BCUT2D eigenvalue weighted by atomic mass is 10.0. The number of carbonyl (C=O) groups excluding carboxylic acids is 2. The molecule has 1 aliphatic rings. The van der Waals surface area contributed by atoms with Crippen molar-refractivity contribution in [2.24, 2.45) is 10.2 Å². The van der Waals surface area contributed by atoms with Crippen molar-refractivity contribution in [1.29, 1.82) is 0 Å². The minimum absolute atomic E-state index is 0.220. The summed E-state index contributed by atoms with van der Waals surface area (Å²) < 4.78 is 5.34. The molecule has 0 aliphatic carbocycles. The topological polar surface area (TPSA) is 105 Å². The number of anilines is 1. The Hall–Kier alpha value is -2.95. The smallest absolute Gasteiger partial charge is 0.342 e. The molecule has 0 aromatic carbocycles. The van der Waals surface area contributed by atoms with Crippen LogP contribution in [0.1, 0.15) is 56.8 Å². The first-order valence-corrected chi connectivity index (χ1v) is 8.35. The Kier molecular flexibility index (Phi) is 5.93. The highest BCUT2D eigenvalue weighted by molar-refractivity contribution is 5.95. The van der Waals surface area contributed by atoms with E-state index < -0.39 is 17.2 Å². The number of nitrogens with one attached hydrogen (secondary N) is 2. The summed E-state index contributed by atoms with van der Waals surface area (Å²) in [4.78, 5) is 28.3. The molecule has 138 valence electrons. The van der Waals surface area contributed by atoms with Gasteiger partial charge in [-0.15, -0.1) is 12.3 Å². The number of nitrogens with zero attached hydrogens (tertiary/aromatic N) is 3. The number of pyridine rings is 1. The van der Waals surface area contributed by atoms with E-state index in [4.69, 9.17) is 11.2 Å². The van der Waals surface area contributed by atoms with Crippen LogP contribution in [-0.2, 0) is 9.53 Å². The molecule has 0 saturated carbocycles. The van der Waals surface area contributed by atoms with E-state index in [1.54, 1.807) is 32.9 Å². The van der Waals surface area contributed by atoms with E-state index in [9.17, 15) is 9.59 Å². The number of hydrogen-bond acceptors (Lipinski definition) is 7. The Bertz CT molecular complexity index is 740. The molecule has 2 heterocycles. The maximum Gasteiger partial charge on any atom is 0.342 e. The molecule has 0 fully saturated rings. The van der Waals surface area contributed by atoms with Crippen molar-refractivity contribution in [2.75, 3.05) is 5.43 Å². The lowest BCUT2D eigenvalue weighted by Crippen LogP contribution is -2.32. The molecule has 1 amide bonds. The number of terminal acetylenes is 1. The van der Waals surface area contributed by atoms with Crippen LogP contribution in [0.3, 0.4) is 0 Å². The Morgan fingerprint density at radius 3 is 2.65 bits per heavy atom. The van der Waals surface area contributed by atoms with E-state index in [2.05, 4.69) is 32.0 Å². The monoisotopic (exact) mass is 357 g/mol. The second-order valence-electron chi connectivity index (χ2n) is 6.96. The van der Waals surface area contributed by atoms with Gasteiger partial charge in [-0.2, -0.15) is 10.2 Å². The van der Waals surface area contributed by atoms with Crippen molar-refractivity contribution in [3.8, 4) is 12.3 Å². The van der Waals surface area contributed by atoms with Crippen LogP contribution in [0, 0.1) is 12.3 Å². The molecule has 2 rings (SSSR count). The minimum atomic E-state index is -0.628. The van der Waals surface area contributed by atoms with Crippen LogP contribution in [0.2, 0.25) is 0 Å². The van der Waals surface area contributed by atoms with E-state index in [1.165, 1.54) is 6.20 Å². The molecule has 2 N–H and O–H groups in total. The summed E-state index contributed by atoms with van der Waals surface area (Å²) in [6.07, 6.45) is 8.68. The Balaban J connectivity index is 1.86. The van der Waals surface area contributed by atoms with E-state index in [0.29, 0.717) is 19.3 Å². The summed E-state index contributed by atoms with van der Waals surface area (Å²) in [5, 5.41) is 7.98. The number of ether oxygens (including phenoxy) is 1. The third-order valence-electron chi connectivity index (χ3n) is 3.55. The number of aromatic nitrogens is 1. The number of carbonyl (C=O) groups is 2. The maximum atomic E-state index is 12.2. The zero-order chi connectivity index (χ0) is 19.2. The van der Waals surface area contributed by atoms with Gasteiger partial charge in [0.2, 0.25) is 5.91 Å². The molecule has 26 heavy (non-hydrogen) atoms. The van der Waals surface area contributed by atoms with E-state index in [0.717, 1.165) is 0 Å². The lowest BCUT2D eigenvalue weighted by Gasteiger charge is -2.20. The summed E-state index contributed by atoms with van der Waals surface area (Å²) in [7, 11) is 0. The molecule has 0 unspecified atom stereocenters. The first kappa shape index (κ1) is 19.4. The van der Waals surface area contributed by atoms with E-state index >= 15 is 0 Å². The van der Waals surface area contributed by atoms with Gasteiger partial charge in [0.05, 0.1) is 0 Å². The molecule has 1 aromatic rings. The summed E-state index contributed by atoms with van der Waals surface area (Å²) in [6.45, 7) is 5.33. The van der Waals surface area contributed by atoms with Crippen molar-refractivity contribution >= 4 is 17.7 Å². The fraction of sp³-hybridized carbons (Fsp3) is 0.500. The van der Waals surface area contributed by atoms with Gasteiger partial charge in [-0.3, -0.25) is 15.6 Å². The van der Waals surface area contributed by atoms with Crippen molar-refractivity contribution in [3.05, 3.63) is 23.9 Å². The zero-order valence-corrected chi connectivity index (χ0v) is 15.2. The van der Waals surface area contributed by atoms with Crippen LogP contribution in [0.4, 0.5) is 5.82 Å². The van der Waals surface area contributed by atoms with Gasteiger partial charge in [0, 0.05) is 31.9 Å². The van der Waals surface area contributed by atoms with Gasteiger partial charge in [-0.25, -0.2) is 9.78 Å². The quantitative estimate of drug-likeness (QED) is 0.423. The molecule has 8 heteroatoms. The van der Waals surface area contributed by atoms with Crippen LogP contribution in [0.15, 0.2) is 28.6 Å². The third kappa shape index (κ3) is 5.84. The predicted molar refractivity (Wildman–Crippen MR) is 96.1 cm³/mol. The van der Waals surface area contributed by atoms with Crippen LogP contribution in [-0.4, -0.2) is 28.1 Å². The maximum absolute atomic E-state index is 12.2. The fourth-order valence-electron chi connectivity index (χ4n) is 2.18. The molecule has 0 radical (unpaired) electrons. The van der Waals surface area contributed by atoms with Crippen LogP contribution >= 0.6 is 0 Å². The highest BCUT2D eigenvalue weighted by Crippen LogP contribution is 2.37. The summed E-state index contributed by atoms with van der Waals surface area (Å²) in [6, 6.07) is 3.20. The molecule has 0 atom stereocenters. The second-order valence-corrected chi connectivity index (χ2v) is 6.96. The van der Waals surface area contributed by atoms with Crippen LogP contribution in [0.5, 0.6) is 0 Å². The first-order valence-electron chi connectivity index (χ1n) is 8.35. The Morgan fingerprint density at radius 1 is 1.31 bits per heavy atom. The standard InChI is InChI=1S/C18H23N5O3/c1-5-6-10-18(22-23-18)11-9-14(24)20-21-15-13(8-7-12-19-15)16(25)26-17(2,3)4/h1,7-8,12H,6,9-11H2,2-4H3,(H,19,21)(H,20,24). The highest BCUT2D eigenvalue weighted by atomic mass is 16.6. The molecular formula is C18H23N5O3. The summed E-state index contributed by atoms with van der Waals surface area (Å²) in [5.74, 6) is 1.98. The van der Waals surface area contributed by atoms with E-state index in [-0.39, 0.29) is 23.7 Å². The van der Waals surface area contributed by atoms with Gasteiger partial charge >= 0.3 is 5.97 Å². The number of hydrazine groups is 1. The molecule has 1 aromatic heterocycles. The second kappa shape index (κ2) is 7.95. The number of rotatable bonds is 8. The number of hydrogen-bond donors (Lipinski definition) is 2. The largest absolute Gasteiger partial charge is 0.456 e. The van der Waals surface area contributed by atoms with Gasteiger partial charge in [0.1, 0.15) is 11.2 Å². The predicted octanol–water partition coefficient (Wildman–Crippen LogP) is 2.84. The summed E-state index contributed by atoms with van der Waals surface area (Å²) in [5.41, 5.74) is 4.31. The van der Waals surface area contributed by atoms with Crippen molar-refractivity contribution in [3.63, 3.8) is 0 Å². The molecule has 0 spiro atoms. The van der Waals surface area contributed by atoms with Gasteiger partial charge in [-0.1, -0.05) is 0 Å². The number of esters is 1. The SMILES string of the molecule is C#CCCC1(CCC(=O)NNc2ncccc2C(=O)OC(C)(C)C)N=N1.